The first kappa shape index (κ1) is 24.4. The molecule has 160 valence electrons. The number of nitrogens with one attached hydrogen (secondary N) is 3. The van der Waals surface area contributed by atoms with Gasteiger partial charge in [0.25, 0.3) is 5.91 Å². The van der Waals surface area contributed by atoms with Gasteiger partial charge in [-0.2, -0.15) is 0 Å². The first-order chi connectivity index (χ1) is 13.6. The molecule has 2 aromatic rings. The van der Waals surface area contributed by atoms with Gasteiger partial charge in [0, 0.05) is 26.7 Å². The van der Waals surface area contributed by atoms with E-state index in [9.17, 15) is 4.79 Å². The number of methoxy groups -OCH3 is 3. The standard InChI is InChI=1S/C19H26N4O5.HI/c1-20-19(22-8-7-21-18(24)14-6-5-9-28-14)23-12-13-10-15(25-2)17(27-4)16(11-13)26-3;/h5-6,9-11H,7-8,12H2,1-4H3,(H,21,24)(H2,20,22,23);1H. The van der Waals surface area contributed by atoms with Gasteiger partial charge < -0.3 is 34.6 Å². The zero-order chi connectivity index (χ0) is 20.4. The van der Waals surface area contributed by atoms with Crippen molar-refractivity contribution in [1.82, 2.24) is 16.0 Å². The Morgan fingerprint density at radius 3 is 2.21 bits per heavy atom. The summed E-state index contributed by atoms with van der Waals surface area (Å²) in [5, 5.41) is 9.08. The number of rotatable bonds is 9. The molecule has 1 heterocycles. The van der Waals surface area contributed by atoms with Crippen LogP contribution in [0.25, 0.3) is 0 Å². The maximum absolute atomic E-state index is 11.8. The lowest BCUT2D eigenvalue weighted by Gasteiger charge is -2.16. The maximum atomic E-state index is 11.8. The normalized spacial score (nSPS) is 10.6. The molecule has 1 aromatic carbocycles. The Labute approximate surface area is 187 Å². The van der Waals surface area contributed by atoms with Crippen molar-refractivity contribution in [2.24, 2.45) is 4.99 Å². The van der Waals surface area contributed by atoms with E-state index < -0.39 is 0 Å². The summed E-state index contributed by atoms with van der Waals surface area (Å²) in [6, 6.07) is 7.01. The second kappa shape index (κ2) is 12.8. The Morgan fingerprint density at radius 2 is 1.69 bits per heavy atom. The average molecular weight is 518 g/mol. The minimum absolute atomic E-state index is 0. The number of hydrogen-bond donors (Lipinski definition) is 3. The lowest BCUT2D eigenvalue weighted by molar-refractivity contribution is 0.0926. The summed E-state index contributed by atoms with van der Waals surface area (Å²) in [7, 11) is 6.39. The molecule has 0 spiro atoms. The number of carbonyl (C=O) groups is 1. The minimum Gasteiger partial charge on any atom is -0.493 e. The fourth-order valence-electron chi connectivity index (χ4n) is 2.50. The van der Waals surface area contributed by atoms with E-state index >= 15 is 0 Å². The number of hydrogen-bond acceptors (Lipinski definition) is 6. The Balaban J connectivity index is 0.00000420. The number of halogens is 1. The van der Waals surface area contributed by atoms with Crippen molar-refractivity contribution in [3.05, 3.63) is 41.9 Å². The van der Waals surface area contributed by atoms with Crippen molar-refractivity contribution in [1.29, 1.82) is 0 Å². The third-order valence-corrected chi connectivity index (χ3v) is 3.86. The largest absolute Gasteiger partial charge is 0.493 e. The van der Waals surface area contributed by atoms with E-state index in [0.717, 1.165) is 5.56 Å². The monoisotopic (exact) mass is 518 g/mol. The molecule has 0 aliphatic rings. The van der Waals surface area contributed by atoms with Crippen LogP contribution < -0.4 is 30.2 Å². The molecule has 0 saturated carbocycles. The molecule has 10 heteroatoms. The van der Waals surface area contributed by atoms with Gasteiger partial charge in [0.05, 0.1) is 27.6 Å². The Morgan fingerprint density at radius 1 is 1.03 bits per heavy atom. The molecule has 1 amide bonds. The first-order valence-electron chi connectivity index (χ1n) is 8.68. The first-order valence-corrected chi connectivity index (χ1v) is 8.68. The quantitative estimate of drug-likeness (QED) is 0.202. The topological polar surface area (TPSA) is 106 Å². The Bertz CT molecular complexity index is 771. The number of furan rings is 1. The highest BCUT2D eigenvalue weighted by atomic mass is 127. The molecule has 2 rings (SSSR count). The van der Waals surface area contributed by atoms with Gasteiger partial charge in [0.1, 0.15) is 0 Å². The molecule has 29 heavy (non-hydrogen) atoms. The number of benzene rings is 1. The molecule has 0 bridgehead atoms. The van der Waals surface area contributed by atoms with E-state index in [2.05, 4.69) is 20.9 Å². The highest BCUT2D eigenvalue weighted by Crippen LogP contribution is 2.38. The van der Waals surface area contributed by atoms with Gasteiger partial charge in [-0.15, -0.1) is 24.0 Å². The zero-order valence-electron chi connectivity index (χ0n) is 16.9. The van der Waals surface area contributed by atoms with Crippen LogP contribution in [0.15, 0.2) is 39.9 Å². The highest BCUT2D eigenvalue weighted by Gasteiger charge is 2.13. The van der Waals surface area contributed by atoms with Gasteiger partial charge in [0.2, 0.25) is 5.75 Å². The second-order valence-electron chi connectivity index (χ2n) is 5.62. The fraction of sp³-hybridized carbons (Fsp3) is 0.368. The summed E-state index contributed by atoms with van der Waals surface area (Å²) in [4.78, 5) is 16.0. The number of amides is 1. The number of guanidine groups is 1. The van der Waals surface area contributed by atoms with Crippen LogP contribution >= 0.6 is 24.0 Å². The van der Waals surface area contributed by atoms with E-state index in [1.165, 1.54) is 6.26 Å². The molecule has 1 aromatic heterocycles. The summed E-state index contributed by atoms with van der Waals surface area (Å²) >= 11 is 0. The summed E-state index contributed by atoms with van der Waals surface area (Å²) in [5.74, 6) is 2.34. The molecule has 9 nitrogen and oxygen atoms in total. The van der Waals surface area contributed by atoms with E-state index in [1.54, 1.807) is 40.5 Å². The van der Waals surface area contributed by atoms with Crippen molar-refractivity contribution in [2.45, 2.75) is 6.54 Å². The van der Waals surface area contributed by atoms with Gasteiger partial charge in [-0.1, -0.05) is 0 Å². The molecule has 0 fully saturated rings. The number of carbonyl (C=O) groups excluding carboxylic acids is 1. The van der Waals surface area contributed by atoms with Gasteiger partial charge >= 0.3 is 0 Å². The highest BCUT2D eigenvalue weighted by molar-refractivity contribution is 14.0. The van der Waals surface area contributed by atoms with Crippen LogP contribution in [0, 0.1) is 0 Å². The van der Waals surface area contributed by atoms with Crippen molar-refractivity contribution >= 4 is 35.8 Å². The van der Waals surface area contributed by atoms with Crippen LogP contribution in [0.5, 0.6) is 17.2 Å². The fourth-order valence-corrected chi connectivity index (χ4v) is 2.50. The molecule has 0 radical (unpaired) electrons. The summed E-state index contributed by atoms with van der Waals surface area (Å²) < 4.78 is 21.1. The molecular formula is C19H27IN4O5. The van der Waals surface area contributed by atoms with E-state index in [1.807, 2.05) is 12.1 Å². The van der Waals surface area contributed by atoms with E-state index in [4.69, 9.17) is 18.6 Å². The van der Waals surface area contributed by atoms with Crippen molar-refractivity contribution in [3.8, 4) is 17.2 Å². The van der Waals surface area contributed by atoms with Gasteiger partial charge in [-0.3, -0.25) is 9.79 Å². The van der Waals surface area contributed by atoms with Crippen LogP contribution in [0.1, 0.15) is 16.1 Å². The average Bonchev–Trinajstić information content (AvgIpc) is 3.27. The molecule has 0 saturated heterocycles. The van der Waals surface area contributed by atoms with E-state index in [-0.39, 0.29) is 35.6 Å². The number of ether oxygens (including phenoxy) is 3. The van der Waals surface area contributed by atoms with Crippen LogP contribution in [0.2, 0.25) is 0 Å². The summed E-state index contributed by atoms with van der Waals surface area (Å²) in [6.45, 7) is 1.42. The van der Waals surface area contributed by atoms with Crippen molar-refractivity contribution < 1.29 is 23.4 Å². The number of aliphatic imine (C=N–C) groups is 1. The third-order valence-electron chi connectivity index (χ3n) is 3.86. The lowest BCUT2D eigenvalue weighted by Crippen LogP contribution is -2.41. The third kappa shape index (κ3) is 7.04. The Kier molecular flexibility index (Phi) is 10.7. The van der Waals surface area contributed by atoms with Crippen LogP contribution in [0.3, 0.4) is 0 Å². The predicted octanol–water partition coefficient (Wildman–Crippen LogP) is 2.02. The maximum Gasteiger partial charge on any atom is 0.287 e. The van der Waals surface area contributed by atoms with Gasteiger partial charge in [-0.05, 0) is 29.8 Å². The van der Waals surface area contributed by atoms with Crippen LogP contribution in [0.4, 0.5) is 0 Å². The predicted molar refractivity (Wildman–Crippen MR) is 121 cm³/mol. The van der Waals surface area contributed by atoms with Gasteiger partial charge in [0.15, 0.2) is 23.2 Å². The Hall–Kier alpha value is -2.63. The lowest BCUT2D eigenvalue weighted by atomic mass is 10.2. The van der Waals surface area contributed by atoms with Gasteiger partial charge in [-0.25, -0.2) is 0 Å². The van der Waals surface area contributed by atoms with E-state index in [0.29, 0.717) is 42.8 Å². The molecule has 0 aliphatic carbocycles. The molecular weight excluding hydrogens is 491 g/mol. The molecule has 0 atom stereocenters. The van der Waals surface area contributed by atoms with Crippen molar-refractivity contribution in [3.63, 3.8) is 0 Å². The minimum atomic E-state index is -0.257. The smallest absolute Gasteiger partial charge is 0.287 e. The summed E-state index contributed by atoms with van der Waals surface area (Å²) in [5.41, 5.74) is 0.934. The molecule has 0 aliphatic heterocycles. The summed E-state index contributed by atoms with van der Waals surface area (Å²) in [6.07, 6.45) is 1.46. The molecule has 0 unspecified atom stereocenters. The van der Waals surface area contributed by atoms with Crippen LogP contribution in [-0.4, -0.2) is 53.3 Å². The van der Waals surface area contributed by atoms with Crippen molar-refractivity contribution in [2.75, 3.05) is 41.5 Å². The molecule has 3 N–H and O–H groups in total. The number of nitrogens with zero attached hydrogens (tertiary/aromatic N) is 1. The second-order valence-corrected chi connectivity index (χ2v) is 5.62. The van der Waals surface area contributed by atoms with Crippen LogP contribution in [-0.2, 0) is 6.54 Å². The SMILES string of the molecule is CN=C(NCCNC(=O)c1ccco1)NCc1cc(OC)c(OC)c(OC)c1.I. The zero-order valence-corrected chi connectivity index (χ0v) is 19.2.